The average molecular weight is 405 g/mol. The van der Waals surface area contributed by atoms with E-state index < -0.39 is 23.8 Å². The number of ether oxygens (including phenoxy) is 1. The highest BCUT2D eigenvalue weighted by Gasteiger charge is 2.33. The van der Waals surface area contributed by atoms with Crippen molar-refractivity contribution in [3.8, 4) is 11.8 Å². The summed E-state index contributed by atoms with van der Waals surface area (Å²) in [4.78, 5) is 20.4. The second-order valence-corrected chi connectivity index (χ2v) is 6.45. The lowest BCUT2D eigenvalue weighted by atomic mass is 9.97. The number of esters is 1. The third kappa shape index (κ3) is 5.25. The van der Waals surface area contributed by atoms with E-state index in [2.05, 4.69) is 27.1 Å². The van der Waals surface area contributed by atoms with Crippen molar-refractivity contribution in [2.24, 2.45) is 0 Å². The van der Waals surface area contributed by atoms with Crippen molar-refractivity contribution in [2.75, 3.05) is 12.4 Å². The van der Waals surface area contributed by atoms with Crippen LogP contribution >= 0.6 is 0 Å². The smallest absolute Gasteiger partial charge is 0.416 e. The maximum Gasteiger partial charge on any atom is 0.416 e. The van der Waals surface area contributed by atoms with Gasteiger partial charge < -0.3 is 10.1 Å². The van der Waals surface area contributed by atoms with E-state index in [-0.39, 0.29) is 12.0 Å². The van der Waals surface area contributed by atoms with E-state index in [9.17, 15) is 18.0 Å². The molecular weight excluding hydrogens is 383 g/mol. The van der Waals surface area contributed by atoms with E-state index in [0.29, 0.717) is 28.5 Å². The molecule has 8 heteroatoms. The van der Waals surface area contributed by atoms with Gasteiger partial charge in [0.2, 0.25) is 0 Å². The number of methoxy groups -OCH3 is 1. The predicted octanol–water partition coefficient (Wildman–Crippen LogP) is 4.37. The number of hydrogen-bond acceptors (Lipinski definition) is 5. The molecular formula is C21H22F3N3O2. The normalized spacial score (nSPS) is 12.0. The first-order valence-electron chi connectivity index (χ1n) is 8.88. The molecule has 0 saturated carbocycles. The van der Waals surface area contributed by atoms with E-state index in [0.717, 1.165) is 6.07 Å². The highest BCUT2D eigenvalue weighted by molar-refractivity contribution is 5.74. The molecule has 1 heterocycles. The Bertz CT molecular complexity index is 976. The van der Waals surface area contributed by atoms with E-state index >= 15 is 0 Å². The number of anilines is 1. The van der Waals surface area contributed by atoms with Crippen LogP contribution in [0, 0.1) is 25.7 Å². The van der Waals surface area contributed by atoms with Crippen LogP contribution in [0.1, 0.15) is 53.7 Å². The quantitative estimate of drug-likeness (QED) is 0.591. The van der Waals surface area contributed by atoms with E-state index in [1.165, 1.54) is 20.1 Å². The minimum Gasteiger partial charge on any atom is -0.469 e. The SMILES string of the molecule is CC#Cc1c(CC(=O)OC)nc(C)nc1N[C@H](C)c1cccc(C(F)(F)F)c1C. The van der Waals surface area contributed by atoms with Gasteiger partial charge in [-0.05, 0) is 44.9 Å². The van der Waals surface area contributed by atoms with E-state index in [1.807, 2.05) is 0 Å². The summed E-state index contributed by atoms with van der Waals surface area (Å²) in [5.74, 6) is 5.92. The molecule has 0 amide bonds. The van der Waals surface area contributed by atoms with Gasteiger partial charge in [-0.25, -0.2) is 9.97 Å². The first-order chi connectivity index (χ1) is 13.6. The summed E-state index contributed by atoms with van der Waals surface area (Å²) in [6, 6.07) is 3.58. The monoisotopic (exact) mass is 405 g/mol. The van der Waals surface area contributed by atoms with Crippen molar-refractivity contribution in [3.63, 3.8) is 0 Å². The molecule has 0 saturated heterocycles. The molecule has 29 heavy (non-hydrogen) atoms. The Balaban J connectivity index is 2.48. The van der Waals surface area contributed by atoms with Crippen LogP contribution in [0.2, 0.25) is 0 Å². The Kier molecular flexibility index (Phi) is 6.85. The van der Waals surface area contributed by atoms with Gasteiger partial charge in [0.1, 0.15) is 11.6 Å². The van der Waals surface area contributed by atoms with Crippen molar-refractivity contribution >= 4 is 11.8 Å². The molecule has 1 aromatic carbocycles. The number of benzene rings is 1. The minimum atomic E-state index is -4.43. The Labute approximate surface area is 167 Å². The van der Waals surface area contributed by atoms with Crippen molar-refractivity contribution in [2.45, 2.75) is 46.3 Å². The van der Waals surface area contributed by atoms with Crippen LogP contribution in [0.15, 0.2) is 18.2 Å². The summed E-state index contributed by atoms with van der Waals surface area (Å²) in [7, 11) is 1.28. The molecule has 5 nitrogen and oxygen atoms in total. The standard InChI is InChI=1S/C21H22F3N3O2/c1-6-8-16-18(11-19(28)29-5)26-14(4)27-20(16)25-13(3)15-9-7-10-17(12(15)2)21(22,23)24/h7,9-10,13H,11H2,1-5H3,(H,25,26,27)/t13-/m1/s1. The first-order valence-corrected chi connectivity index (χ1v) is 8.88. The maximum absolute atomic E-state index is 13.2. The highest BCUT2D eigenvalue weighted by Crippen LogP contribution is 2.35. The van der Waals surface area contributed by atoms with Crippen LogP contribution in [-0.2, 0) is 22.1 Å². The molecule has 2 rings (SSSR count). The molecule has 0 spiro atoms. The Morgan fingerprint density at radius 1 is 1.28 bits per heavy atom. The second-order valence-electron chi connectivity index (χ2n) is 6.45. The lowest BCUT2D eigenvalue weighted by molar-refractivity contribution is -0.140. The average Bonchev–Trinajstić information content (AvgIpc) is 2.63. The largest absolute Gasteiger partial charge is 0.469 e. The van der Waals surface area contributed by atoms with Crippen molar-refractivity contribution < 1.29 is 22.7 Å². The van der Waals surface area contributed by atoms with Gasteiger partial charge in [0.25, 0.3) is 0 Å². The maximum atomic E-state index is 13.2. The zero-order valence-electron chi connectivity index (χ0n) is 16.9. The molecule has 0 bridgehead atoms. The molecule has 154 valence electrons. The fourth-order valence-electron chi connectivity index (χ4n) is 3.04. The van der Waals surface area contributed by atoms with Crippen LogP contribution in [0.3, 0.4) is 0 Å². The number of hydrogen-bond donors (Lipinski definition) is 1. The van der Waals surface area contributed by atoms with Gasteiger partial charge in [0, 0.05) is 0 Å². The summed E-state index contributed by atoms with van der Waals surface area (Å²) in [6.45, 7) is 6.47. The van der Waals surface area contributed by atoms with Gasteiger partial charge in [-0.15, -0.1) is 5.92 Å². The molecule has 0 aliphatic carbocycles. The number of halogens is 3. The van der Waals surface area contributed by atoms with Crippen molar-refractivity contribution in [3.05, 3.63) is 52.0 Å². The minimum absolute atomic E-state index is 0.0878. The molecule has 0 aliphatic rings. The Morgan fingerprint density at radius 2 is 1.97 bits per heavy atom. The van der Waals surface area contributed by atoms with Gasteiger partial charge in [-0.1, -0.05) is 18.1 Å². The number of carbonyl (C=O) groups is 1. The zero-order chi connectivity index (χ0) is 21.8. The van der Waals surface area contributed by atoms with Crippen LogP contribution in [0.5, 0.6) is 0 Å². The lowest BCUT2D eigenvalue weighted by Gasteiger charge is -2.21. The van der Waals surface area contributed by atoms with Gasteiger partial charge in [0.15, 0.2) is 0 Å². The summed E-state index contributed by atoms with van der Waals surface area (Å²) in [6.07, 6.45) is -4.52. The molecule has 1 atom stereocenters. The van der Waals surface area contributed by atoms with Gasteiger partial charge in [-0.2, -0.15) is 13.2 Å². The van der Waals surface area contributed by atoms with Crippen molar-refractivity contribution in [1.29, 1.82) is 0 Å². The number of carbonyl (C=O) groups excluding carboxylic acids is 1. The first kappa shape index (κ1) is 22.2. The molecule has 0 fully saturated rings. The van der Waals surface area contributed by atoms with Crippen LogP contribution in [0.25, 0.3) is 0 Å². The fraction of sp³-hybridized carbons (Fsp3) is 0.381. The summed E-state index contributed by atoms with van der Waals surface area (Å²) < 4.78 is 44.4. The number of rotatable bonds is 5. The zero-order valence-corrected chi connectivity index (χ0v) is 16.9. The number of aromatic nitrogens is 2. The third-order valence-corrected chi connectivity index (χ3v) is 4.39. The van der Waals surface area contributed by atoms with Crippen LogP contribution < -0.4 is 5.32 Å². The van der Waals surface area contributed by atoms with E-state index in [4.69, 9.17) is 4.74 Å². The fourth-order valence-corrected chi connectivity index (χ4v) is 3.04. The molecule has 2 aromatic rings. The topological polar surface area (TPSA) is 64.1 Å². The molecule has 0 unspecified atom stereocenters. The molecule has 0 aliphatic heterocycles. The lowest BCUT2D eigenvalue weighted by Crippen LogP contribution is -2.17. The third-order valence-electron chi connectivity index (χ3n) is 4.39. The van der Waals surface area contributed by atoms with Gasteiger partial charge >= 0.3 is 12.1 Å². The van der Waals surface area contributed by atoms with Crippen LogP contribution in [-0.4, -0.2) is 23.0 Å². The van der Waals surface area contributed by atoms with Crippen molar-refractivity contribution in [1.82, 2.24) is 9.97 Å². The number of nitrogens with zero attached hydrogens (tertiary/aromatic N) is 2. The number of aryl methyl sites for hydroxylation is 1. The van der Waals surface area contributed by atoms with Gasteiger partial charge in [0.05, 0.1) is 36.4 Å². The summed E-state index contributed by atoms with van der Waals surface area (Å²) in [5.41, 5.74) is 0.765. The second kappa shape index (κ2) is 8.95. The van der Waals surface area contributed by atoms with Crippen LogP contribution in [0.4, 0.5) is 19.0 Å². The molecule has 1 aromatic heterocycles. The summed E-state index contributed by atoms with van der Waals surface area (Å²) >= 11 is 0. The van der Waals surface area contributed by atoms with E-state index in [1.54, 1.807) is 26.8 Å². The Morgan fingerprint density at radius 3 is 2.55 bits per heavy atom. The number of alkyl halides is 3. The number of nitrogens with one attached hydrogen (secondary N) is 1. The summed E-state index contributed by atoms with van der Waals surface area (Å²) in [5, 5.41) is 3.13. The predicted molar refractivity (Wildman–Crippen MR) is 103 cm³/mol. The Hall–Kier alpha value is -3.08. The molecule has 1 N–H and O–H groups in total. The highest BCUT2D eigenvalue weighted by atomic mass is 19.4. The van der Waals surface area contributed by atoms with Gasteiger partial charge in [-0.3, -0.25) is 4.79 Å². The molecule has 0 radical (unpaired) electrons.